The van der Waals surface area contributed by atoms with Gasteiger partial charge in [-0.3, -0.25) is 19.3 Å². The normalized spacial score (nSPS) is 22.0. The van der Waals surface area contributed by atoms with Gasteiger partial charge < -0.3 is 16.0 Å². The molecule has 168 valence electrons. The fourth-order valence-corrected chi connectivity index (χ4v) is 4.94. The summed E-state index contributed by atoms with van der Waals surface area (Å²) in [6, 6.07) is 7.43. The number of nitrogens with zero attached hydrogens (tertiary/aromatic N) is 1. The Balaban J connectivity index is 1.48. The number of nitrogens with one attached hydrogen (secondary N) is 3. The number of carbonyl (C=O) groups excluding carboxylic acids is 3. The maximum atomic E-state index is 13.1. The van der Waals surface area contributed by atoms with Gasteiger partial charge in [-0.15, -0.1) is 0 Å². The Morgan fingerprint density at radius 1 is 0.938 bits per heavy atom. The van der Waals surface area contributed by atoms with Crippen LogP contribution < -0.4 is 16.0 Å². The molecule has 0 radical (unpaired) electrons. The Morgan fingerprint density at radius 3 is 1.97 bits per heavy atom. The predicted octanol–water partition coefficient (Wildman–Crippen LogP) is 3.26. The molecule has 1 aliphatic carbocycles. The van der Waals surface area contributed by atoms with Crippen molar-refractivity contribution in [2.24, 2.45) is 0 Å². The summed E-state index contributed by atoms with van der Waals surface area (Å²) in [6.07, 6.45) is -0.705. The number of halogens is 3. The number of anilines is 2. The number of imide groups is 1. The summed E-state index contributed by atoms with van der Waals surface area (Å²) in [5.74, 6) is -3.29. The highest BCUT2D eigenvalue weighted by Crippen LogP contribution is 2.42. The largest absolute Gasteiger partial charge is 0.471 e. The highest BCUT2D eigenvalue weighted by atomic mass is 19.4. The molecule has 3 amide bonds. The van der Waals surface area contributed by atoms with Crippen molar-refractivity contribution in [2.75, 3.05) is 23.7 Å². The molecule has 1 fully saturated rings. The molecule has 0 spiro atoms. The Hall–Kier alpha value is -3.30. The van der Waals surface area contributed by atoms with E-state index in [1.807, 2.05) is 12.1 Å². The van der Waals surface area contributed by atoms with E-state index in [9.17, 15) is 27.6 Å². The number of amides is 3. The van der Waals surface area contributed by atoms with Crippen LogP contribution in [-0.4, -0.2) is 54.0 Å². The molecule has 32 heavy (non-hydrogen) atoms. The van der Waals surface area contributed by atoms with Crippen LogP contribution in [-0.2, 0) is 4.79 Å². The van der Waals surface area contributed by atoms with Gasteiger partial charge in [0.25, 0.3) is 11.8 Å². The quantitative estimate of drug-likeness (QED) is 0.630. The number of benzene rings is 2. The van der Waals surface area contributed by atoms with Gasteiger partial charge in [0.2, 0.25) is 0 Å². The number of alkyl halides is 3. The fourth-order valence-electron chi connectivity index (χ4n) is 4.94. The van der Waals surface area contributed by atoms with Crippen molar-refractivity contribution in [3.8, 4) is 0 Å². The molecule has 0 bridgehead atoms. The van der Waals surface area contributed by atoms with Crippen LogP contribution in [0, 0.1) is 0 Å². The zero-order valence-electron chi connectivity index (χ0n) is 17.0. The lowest BCUT2D eigenvalue weighted by Crippen LogP contribution is -2.46. The first kappa shape index (κ1) is 20.6. The summed E-state index contributed by atoms with van der Waals surface area (Å²) in [6.45, 7) is -0.846. The first-order valence-electron chi connectivity index (χ1n) is 10.6. The molecule has 3 N–H and O–H groups in total. The maximum Gasteiger partial charge on any atom is 0.471 e. The number of carbonyl (C=O) groups is 3. The van der Waals surface area contributed by atoms with Crippen LogP contribution in [0.25, 0.3) is 10.8 Å². The van der Waals surface area contributed by atoms with Gasteiger partial charge >= 0.3 is 12.1 Å². The summed E-state index contributed by atoms with van der Waals surface area (Å²) >= 11 is 0. The third kappa shape index (κ3) is 3.25. The number of rotatable bonds is 3. The molecule has 2 aromatic carbocycles. The summed E-state index contributed by atoms with van der Waals surface area (Å²) in [5, 5.41) is 10.2. The lowest BCUT2D eigenvalue weighted by molar-refractivity contribution is -0.173. The molecule has 2 aromatic rings. The average Bonchev–Trinajstić information content (AvgIpc) is 2.92. The third-order valence-electron chi connectivity index (χ3n) is 6.44. The molecule has 5 rings (SSSR count). The second-order valence-corrected chi connectivity index (χ2v) is 8.37. The molecule has 2 unspecified atom stereocenters. The Labute approximate surface area is 181 Å². The summed E-state index contributed by atoms with van der Waals surface area (Å²) in [7, 11) is 0. The van der Waals surface area contributed by atoms with Gasteiger partial charge in [0.1, 0.15) is 0 Å². The number of hydrogen-bond acceptors (Lipinski definition) is 5. The van der Waals surface area contributed by atoms with Crippen LogP contribution in [0.3, 0.4) is 0 Å². The van der Waals surface area contributed by atoms with Crippen molar-refractivity contribution < 1.29 is 27.6 Å². The fraction of sp³-hybridized carbons (Fsp3) is 0.409. The van der Waals surface area contributed by atoms with E-state index in [0.29, 0.717) is 16.5 Å². The van der Waals surface area contributed by atoms with Crippen LogP contribution in [0.15, 0.2) is 24.3 Å². The predicted molar refractivity (Wildman–Crippen MR) is 112 cm³/mol. The van der Waals surface area contributed by atoms with Crippen molar-refractivity contribution in [2.45, 2.75) is 43.9 Å². The summed E-state index contributed by atoms with van der Waals surface area (Å²) < 4.78 is 37.2. The molecule has 1 saturated carbocycles. The Morgan fingerprint density at radius 2 is 1.47 bits per heavy atom. The highest BCUT2D eigenvalue weighted by Gasteiger charge is 2.39. The molecule has 2 aliphatic heterocycles. The van der Waals surface area contributed by atoms with E-state index in [4.69, 9.17) is 0 Å². The van der Waals surface area contributed by atoms with E-state index in [1.165, 1.54) is 0 Å². The first-order chi connectivity index (χ1) is 15.3. The average molecular weight is 446 g/mol. The second kappa shape index (κ2) is 7.39. The van der Waals surface area contributed by atoms with Gasteiger partial charge in [0.05, 0.1) is 0 Å². The minimum absolute atomic E-state index is 0.247. The van der Waals surface area contributed by atoms with Gasteiger partial charge in [-0.25, -0.2) is 0 Å². The van der Waals surface area contributed by atoms with Gasteiger partial charge in [0.15, 0.2) is 0 Å². The SMILES string of the molecule is O=C1c2ccc3c4c(ccc(c24)C(=O)N1CCNC(=O)C(F)(F)F)NC1CCCCC1N3. The molecule has 0 aromatic heterocycles. The van der Waals surface area contributed by atoms with Gasteiger partial charge in [-0.1, -0.05) is 12.8 Å². The van der Waals surface area contributed by atoms with Crippen LogP contribution >= 0.6 is 0 Å². The van der Waals surface area contributed by atoms with Gasteiger partial charge in [-0.2, -0.15) is 13.2 Å². The minimum atomic E-state index is -5.02. The zero-order chi connectivity index (χ0) is 22.6. The van der Waals surface area contributed by atoms with E-state index in [1.54, 1.807) is 17.4 Å². The van der Waals surface area contributed by atoms with Gasteiger partial charge in [-0.05, 0) is 37.1 Å². The second-order valence-electron chi connectivity index (χ2n) is 8.37. The molecule has 2 heterocycles. The monoisotopic (exact) mass is 446 g/mol. The smallest absolute Gasteiger partial charge is 0.380 e. The van der Waals surface area contributed by atoms with Crippen LogP contribution in [0.4, 0.5) is 24.5 Å². The van der Waals surface area contributed by atoms with E-state index in [2.05, 4.69) is 10.6 Å². The van der Waals surface area contributed by atoms with E-state index >= 15 is 0 Å². The van der Waals surface area contributed by atoms with E-state index in [0.717, 1.165) is 47.3 Å². The maximum absolute atomic E-state index is 13.1. The first-order valence-corrected chi connectivity index (χ1v) is 10.6. The van der Waals surface area contributed by atoms with Crippen molar-refractivity contribution in [3.63, 3.8) is 0 Å². The number of hydrogen-bond donors (Lipinski definition) is 3. The van der Waals surface area contributed by atoms with E-state index in [-0.39, 0.29) is 18.6 Å². The van der Waals surface area contributed by atoms with Crippen molar-refractivity contribution in [1.82, 2.24) is 10.2 Å². The molecular weight excluding hydrogens is 425 g/mol. The molecule has 7 nitrogen and oxygen atoms in total. The zero-order valence-corrected chi connectivity index (χ0v) is 17.0. The summed E-state index contributed by atoms with van der Waals surface area (Å²) in [4.78, 5) is 38.1. The lowest BCUT2D eigenvalue weighted by Gasteiger charge is -2.32. The Bertz CT molecular complexity index is 1080. The topological polar surface area (TPSA) is 90.5 Å². The molecule has 10 heteroatoms. The lowest BCUT2D eigenvalue weighted by atomic mass is 9.90. The molecular formula is C22H21F3N4O3. The van der Waals surface area contributed by atoms with Crippen molar-refractivity contribution in [1.29, 1.82) is 0 Å². The molecule has 2 atom stereocenters. The van der Waals surface area contributed by atoms with Gasteiger partial charge in [0, 0.05) is 58.4 Å². The molecule has 0 saturated heterocycles. The third-order valence-corrected chi connectivity index (χ3v) is 6.44. The summed E-state index contributed by atoms with van der Waals surface area (Å²) in [5.41, 5.74) is 2.34. The van der Waals surface area contributed by atoms with E-state index < -0.39 is 30.4 Å². The number of fused-ring (bicyclic) bond motifs is 1. The van der Waals surface area contributed by atoms with Crippen LogP contribution in [0.1, 0.15) is 46.4 Å². The standard InChI is InChI=1S/C22H21F3N4O3/c23-22(24,25)21(32)26-9-10-29-19(30)11-5-7-15-18-16(8-6-12(17(11)18)20(29)31)28-14-4-2-1-3-13(14)27-15/h5-8,13-14,27-28H,1-4,9-10H2,(H,26,32). The van der Waals surface area contributed by atoms with Crippen LogP contribution in [0.5, 0.6) is 0 Å². The van der Waals surface area contributed by atoms with Crippen LogP contribution in [0.2, 0.25) is 0 Å². The highest BCUT2D eigenvalue weighted by molar-refractivity contribution is 6.28. The van der Waals surface area contributed by atoms with Crippen molar-refractivity contribution >= 4 is 39.9 Å². The Kier molecular flexibility index (Phi) is 4.75. The minimum Gasteiger partial charge on any atom is -0.380 e. The molecule has 3 aliphatic rings. The van der Waals surface area contributed by atoms with Crippen molar-refractivity contribution in [3.05, 3.63) is 35.4 Å².